The van der Waals surface area contributed by atoms with Crippen molar-refractivity contribution in [1.29, 1.82) is 0 Å². The molecule has 0 radical (unpaired) electrons. The number of rotatable bonds is 6. The van der Waals surface area contributed by atoms with Gasteiger partial charge in [0.2, 0.25) is 0 Å². The average Bonchev–Trinajstić information content (AvgIpc) is 3.51. The van der Waals surface area contributed by atoms with Crippen LogP contribution < -0.4 is 0 Å². The zero-order chi connectivity index (χ0) is 21.4. The molecule has 5 rings (SSSR count). The lowest BCUT2D eigenvalue weighted by Crippen LogP contribution is -1.93. The number of allylic oxidation sites excluding steroid dienone is 3. The average molecular weight is 412 g/mol. The molecule has 31 heavy (non-hydrogen) atoms. The van der Waals surface area contributed by atoms with Crippen molar-refractivity contribution in [2.24, 2.45) is 0 Å². The molecule has 2 aliphatic carbocycles. The fourth-order valence-electron chi connectivity index (χ4n) is 5.20. The van der Waals surface area contributed by atoms with E-state index in [1.165, 1.54) is 39.0 Å². The van der Waals surface area contributed by atoms with Crippen molar-refractivity contribution >= 4 is 5.57 Å². The first-order chi connectivity index (χ1) is 15.2. The molecule has 0 bridgehead atoms. The minimum Gasteiger partial charge on any atom is -0.388 e. The molecule has 1 N–H and O–H groups in total. The van der Waals surface area contributed by atoms with E-state index < -0.39 is 0 Å². The first kappa shape index (κ1) is 20.0. The number of hydrogen-bond acceptors (Lipinski definition) is 3. The molecule has 0 saturated carbocycles. The molecule has 2 aromatic carbocycles. The Labute approximate surface area is 184 Å². The van der Waals surface area contributed by atoms with Gasteiger partial charge in [-0.2, -0.15) is 0 Å². The van der Waals surface area contributed by atoms with Crippen molar-refractivity contribution in [3.8, 4) is 22.5 Å². The summed E-state index contributed by atoms with van der Waals surface area (Å²) in [6.07, 6.45) is 12.2. The molecular weight excluding hydrogens is 382 g/mol. The molecule has 158 valence electrons. The SMILES string of the molecule is CCC=C(CC)CCC=C1c2ccc(-c3ccno3)cc2-c2c1ccc1c2CCC1O. The standard InChI is InChI=1S/C28H29NO2/c1-3-6-18(4-2)7-5-8-20-21-10-9-19(27-15-16-29-31-27)17-25(21)28-23(20)12-11-22-24(28)13-14-26(22)30/h6,8-12,15-17,26,30H,3-5,7,13-14H2,1-2H3. The van der Waals surface area contributed by atoms with E-state index in [9.17, 15) is 5.11 Å². The Hall–Kier alpha value is -2.91. The van der Waals surface area contributed by atoms with Gasteiger partial charge < -0.3 is 9.63 Å². The first-order valence-electron chi connectivity index (χ1n) is 11.5. The van der Waals surface area contributed by atoms with Crippen LogP contribution in [0.2, 0.25) is 0 Å². The largest absolute Gasteiger partial charge is 0.388 e. The Balaban J connectivity index is 1.61. The minimum atomic E-state index is -0.347. The maximum absolute atomic E-state index is 10.5. The summed E-state index contributed by atoms with van der Waals surface area (Å²) in [6, 6.07) is 12.8. The van der Waals surface area contributed by atoms with Gasteiger partial charge in [0.05, 0.1) is 12.3 Å². The van der Waals surface area contributed by atoms with Crippen LogP contribution in [0.5, 0.6) is 0 Å². The van der Waals surface area contributed by atoms with Gasteiger partial charge >= 0.3 is 0 Å². The van der Waals surface area contributed by atoms with Gasteiger partial charge in [0.25, 0.3) is 0 Å². The third-order valence-corrected chi connectivity index (χ3v) is 6.73. The molecular formula is C28H29NO2. The molecule has 3 nitrogen and oxygen atoms in total. The third-order valence-electron chi connectivity index (χ3n) is 6.73. The fraction of sp³-hybridized carbons (Fsp3) is 0.321. The van der Waals surface area contributed by atoms with E-state index >= 15 is 0 Å². The lowest BCUT2D eigenvalue weighted by atomic mass is 9.94. The van der Waals surface area contributed by atoms with E-state index in [0.717, 1.165) is 55.4 Å². The monoisotopic (exact) mass is 411 g/mol. The van der Waals surface area contributed by atoms with E-state index in [2.05, 4.69) is 61.5 Å². The summed E-state index contributed by atoms with van der Waals surface area (Å²) >= 11 is 0. The number of aromatic nitrogens is 1. The molecule has 0 aliphatic heterocycles. The number of aliphatic hydroxyl groups excluding tert-OH is 1. The number of aliphatic hydroxyl groups is 1. The highest BCUT2D eigenvalue weighted by Gasteiger charge is 2.31. The molecule has 1 heterocycles. The maximum Gasteiger partial charge on any atom is 0.166 e. The molecule has 2 aliphatic rings. The van der Waals surface area contributed by atoms with Crippen LogP contribution in [0, 0.1) is 0 Å². The van der Waals surface area contributed by atoms with E-state index in [-0.39, 0.29) is 6.10 Å². The Bertz CT molecular complexity index is 1170. The highest BCUT2D eigenvalue weighted by atomic mass is 16.5. The summed E-state index contributed by atoms with van der Waals surface area (Å²) in [5, 5.41) is 14.3. The van der Waals surface area contributed by atoms with Gasteiger partial charge in [-0.25, -0.2) is 0 Å². The highest BCUT2D eigenvalue weighted by molar-refractivity contribution is 6.03. The smallest absolute Gasteiger partial charge is 0.166 e. The normalized spacial score (nSPS) is 18.4. The van der Waals surface area contributed by atoms with Crippen LogP contribution in [0.15, 0.2) is 64.8 Å². The Morgan fingerprint density at radius 3 is 2.77 bits per heavy atom. The van der Waals surface area contributed by atoms with Crippen LogP contribution in [-0.2, 0) is 6.42 Å². The molecule has 0 amide bonds. The van der Waals surface area contributed by atoms with Gasteiger partial charge in [-0.15, -0.1) is 0 Å². The van der Waals surface area contributed by atoms with Crippen LogP contribution in [0.4, 0.5) is 0 Å². The summed E-state index contributed by atoms with van der Waals surface area (Å²) in [5.74, 6) is 0.784. The molecule has 0 spiro atoms. The quantitative estimate of drug-likeness (QED) is 0.340. The van der Waals surface area contributed by atoms with Crippen molar-refractivity contribution in [2.45, 2.75) is 58.5 Å². The van der Waals surface area contributed by atoms with Crippen molar-refractivity contribution < 1.29 is 9.63 Å². The van der Waals surface area contributed by atoms with E-state index in [1.54, 1.807) is 6.20 Å². The second-order valence-corrected chi connectivity index (χ2v) is 8.53. The number of benzene rings is 2. The first-order valence-corrected chi connectivity index (χ1v) is 11.5. The predicted octanol–water partition coefficient (Wildman–Crippen LogP) is 7.26. The number of fused-ring (bicyclic) bond motifs is 5. The maximum atomic E-state index is 10.5. The third kappa shape index (κ3) is 3.47. The van der Waals surface area contributed by atoms with E-state index in [1.807, 2.05) is 6.07 Å². The number of nitrogens with zero attached hydrogens (tertiary/aromatic N) is 1. The molecule has 1 unspecified atom stereocenters. The lowest BCUT2D eigenvalue weighted by molar-refractivity contribution is 0.180. The molecule has 3 aromatic rings. The summed E-state index contributed by atoms with van der Waals surface area (Å²) in [7, 11) is 0. The number of hydrogen-bond donors (Lipinski definition) is 1. The minimum absolute atomic E-state index is 0.347. The zero-order valence-electron chi connectivity index (χ0n) is 18.3. The van der Waals surface area contributed by atoms with Crippen molar-refractivity contribution in [3.05, 3.63) is 82.6 Å². The second-order valence-electron chi connectivity index (χ2n) is 8.53. The Morgan fingerprint density at radius 2 is 2.00 bits per heavy atom. The van der Waals surface area contributed by atoms with Crippen molar-refractivity contribution in [1.82, 2.24) is 5.16 Å². The second kappa shape index (κ2) is 8.32. The lowest BCUT2D eigenvalue weighted by Gasteiger charge is -2.10. The van der Waals surface area contributed by atoms with E-state index in [0.29, 0.717) is 0 Å². The van der Waals surface area contributed by atoms with Gasteiger partial charge in [-0.05, 0) is 83.5 Å². The summed E-state index contributed by atoms with van der Waals surface area (Å²) in [6.45, 7) is 4.45. The highest BCUT2D eigenvalue weighted by Crippen LogP contribution is 2.51. The van der Waals surface area contributed by atoms with Crippen LogP contribution in [0.3, 0.4) is 0 Å². The molecule has 3 heteroatoms. The molecule has 1 aromatic heterocycles. The van der Waals surface area contributed by atoms with Crippen LogP contribution in [0.1, 0.15) is 74.3 Å². The van der Waals surface area contributed by atoms with Crippen LogP contribution in [-0.4, -0.2) is 10.3 Å². The summed E-state index contributed by atoms with van der Waals surface area (Å²) in [5.41, 5.74) is 11.4. The van der Waals surface area contributed by atoms with Gasteiger partial charge in [0, 0.05) is 11.6 Å². The van der Waals surface area contributed by atoms with E-state index in [4.69, 9.17) is 4.52 Å². The van der Waals surface area contributed by atoms with Crippen molar-refractivity contribution in [2.75, 3.05) is 0 Å². The van der Waals surface area contributed by atoms with Crippen molar-refractivity contribution in [3.63, 3.8) is 0 Å². The van der Waals surface area contributed by atoms with Crippen LogP contribution in [0.25, 0.3) is 28.0 Å². The zero-order valence-corrected chi connectivity index (χ0v) is 18.3. The molecule has 0 saturated heterocycles. The van der Waals surface area contributed by atoms with Gasteiger partial charge in [-0.1, -0.05) is 61.0 Å². The summed E-state index contributed by atoms with van der Waals surface area (Å²) in [4.78, 5) is 0. The fourth-order valence-corrected chi connectivity index (χ4v) is 5.20. The predicted molar refractivity (Wildman–Crippen MR) is 126 cm³/mol. The molecule has 1 atom stereocenters. The summed E-state index contributed by atoms with van der Waals surface area (Å²) < 4.78 is 5.42. The Morgan fingerprint density at radius 1 is 1.13 bits per heavy atom. The topological polar surface area (TPSA) is 46.3 Å². The van der Waals surface area contributed by atoms with Crippen LogP contribution >= 0.6 is 0 Å². The van der Waals surface area contributed by atoms with Gasteiger partial charge in [-0.3, -0.25) is 0 Å². The molecule has 0 fully saturated rings. The van der Waals surface area contributed by atoms with Gasteiger partial charge in [0.1, 0.15) is 0 Å². The Kier molecular flexibility index (Phi) is 5.37. The van der Waals surface area contributed by atoms with Gasteiger partial charge in [0.15, 0.2) is 5.76 Å².